The molecule has 19 heavy (non-hydrogen) atoms. The summed E-state index contributed by atoms with van der Waals surface area (Å²) >= 11 is 7.54. The average molecular weight is 345 g/mol. The number of carbonyl (C=O) groups excluding carboxylic acids is 2. The van der Waals surface area contributed by atoms with Crippen molar-refractivity contribution in [2.75, 3.05) is 11.1 Å². The molecule has 6 heteroatoms. The predicted octanol–water partition coefficient (Wildman–Crippen LogP) is 2.44. The molecule has 2 N–H and O–H groups in total. The van der Waals surface area contributed by atoms with E-state index in [0.29, 0.717) is 5.69 Å². The molecule has 0 aliphatic carbocycles. The highest BCUT2D eigenvalue weighted by Crippen LogP contribution is 2.25. The molecule has 0 spiro atoms. The number of rotatable bonds is 4. The number of amides is 2. The van der Waals surface area contributed by atoms with Gasteiger partial charge < -0.3 is 10.6 Å². The van der Waals surface area contributed by atoms with Crippen molar-refractivity contribution < 1.29 is 9.59 Å². The van der Waals surface area contributed by atoms with E-state index in [1.165, 1.54) is 6.92 Å². The fourth-order valence-corrected chi connectivity index (χ4v) is 2.17. The summed E-state index contributed by atoms with van der Waals surface area (Å²) in [5.41, 5.74) is 2.79. The summed E-state index contributed by atoms with van der Waals surface area (Å²) in [6.07, 6.45) is 0. The van der Waals surface area contributed by atoms with Crippen LogP contribution in [0.1, 0.15) is 18.1 Å². The standard InChI is InChI=1S/C13H17BrN2O2S/c1-7-4-10(5-8(2)12(7)14)16-13(18)11(6-19)15-9(3)17/h4-5,11,19H,6H2,1-3H3,(H,15,17)(H,16,18). The van der Waals surface area contributed by atoms with Crippen molar-refractivity contribution >= 4 is 46.1 Å². The number of anilines is 1. The molecule has 0 radical (unpaired) electrons. The fourth-order valence-electron chi connectivity index (χ4n) is 1.69. The van der Waals surface area contributed by atoms with E-state index in [1.54, 1.807) is 0 Å². The molecule has 0 saturated carbocycles. The van der Waals surface area contributed by atoms with E-state index >= 15 is 0 Å². The summed E-state index contributed by atoms with van der Waals surface area (Å²) in [4.78, 5) is 23.0. The fraction of sp³-hybridized carbons (Fsp3) is 0.385. The first-order valence-electron chi connectivity index (χ1n) is 5.80. The Bertz CT molecular complexity index is 482. The van der Waals surface area contributed by atoms with Crippen molar-refractivity contribution in [2.24, 2.45) is 0 Å². The van der Waals surface area contributed by atoms with Crippen LogP contribution in [0.3, 0.4) is 0 Å². The number of carbonyl (C=O) groups is 2. The molecule has 1 aromatic rings. The van der Waals surface area contributed by atoms with E-state index in [2.05, 4.69) is 39.2 Å². The molecule has 0 aromatic heterocycles. The summed E-state index contributed by atoms with van der Waals surface area (Å²) in [5.74, 6) is -0.274. The van der Waals surface area contributed by atoms with E-state index in [1.807, 2.05) is 26.0 Å². The number of hydrogen-bond donors (Lipinski definition) is 3. The van der Waals surface area contributed by atoms with Crippen LogP contribution in [0.15, 0.2) is 16.6 Å². The van der Waals surface area contributed by atoms with Crippen LogP contribution in [-0.4, -0.2) is 23.6 Å². The Morgan fingerprint density at radius 3 is 2.26 bits per heavy atom. The van der Waals surface area contributed by atoms with E-state index in [9.17, 15) is 9.59 Å². The van der Waals surface area contributed by atoms with Crippen molar-refractivity contribution in [3.63, 3.8) is 0 Å². The maximum Gasteiger partial charge on any atom is 0.247 e. The second kappa shape index (κ2) is 6.96. The van der Waals surface area contributed by atoms with Crippen molar-refractivity contribution in [1.29, 1.82) is 0 Å². The lowest BCUT2D eigenvalue weighted by Crippen LogP contribution is -2.44. The molecule has 0 heterocycles. The van der Waals surface area contributed by atoms with Crippen LogP contribution in [0.5, 0.6) is 0 Å². The van der Waals surface area contributed by atoms with Gasteiger partial charge in [-0.25, -0.2) is 0 Å². The van der Waals surface area contributed by atoms with Gasteiger partial charge in [0.1, 0.15) is 6.04 Å². The van der Waals surface area contributed by atoms with Crippen LogP contribution in [0, 0.1) is 13.8 Å². The van der Waals surface area contributed by atoms with Gasteiger partial charge in [-0.2, -0.15) is 12.6 Å². The zero-order chi connectivity index (χ0) is 14.6. The molecule has 104 valence electrons. The Morgan fingerprint density at radius 1 is 1.32 bits per heavy atom. The third-order valence-corrected chi connectivity index (χ3v) is 4.20. The van der Waals surface area contributed by atoms with Crippen LogP contribution in [-0.2, 0) is 9.59 Å². The van der Waals surface area contributed by atoms with Crippen LogP contribution in [0.25, 0.3) is 0 Å². The van der Waals surface area contributed by atoms with Gasteiger partial charge in [0.15, 0.2) is 0 Å². The van der Waals surface area contributed by atoms with E-state index in [0.717, 1.165) is 15.6 Å². The summed E-state index contributed by atoms with van der Waals surface area (Å²) in [6, 6.07) is 3.11. The monoisotopic (exact) mass is 344 g/mol. The van der Waals surface area contributed by atoms with Gasteiger partial charge in [0.2, 0.25) is 11.8 Å². The summed E-state index contributed by atoms with van der Waals surface area (Å²) < 4.78 is 1.03. The molecule has 0 aliphatic heterocycles. The first-order chi connectivity index (χ1) is 8.85. The highest BCUT2D eigenvalue weighted by Gasteiger charge is 2.18. The number of hydrogen-bond acceptors (Lipinski definition) is 3. The third kappa shape index (κ3) is 4.54. The highest BCUT2D eigenvalue weighted by atomic mass is 79.9. The second-order valence-electron chi connectivity index (χ2n) is 4.35. The Balaban J connectivity index is 2.84. The van der Waals surface area contributed by atoms with Gasteiger partial charge in [-0.1, -0.05) is 15.9 Å². The average Bonchev–Trinajstić information content (AvgIpc) is 2.32. The van der Waals surface area contributed by atoms with Crippen molar-refractivity contribution in [3.05, 3.63) is 27.7 Å². The van der Waals surface area contributed by atoms with Crippen LogP contribution in [0.2, 0.25) is 0 Å². The molecule has 2 amide bonds. The van der Waals surface area contributed by atoms with Gasteiger partial charge in [0.25, 0.3) is 0 Å². The SMILES string of the molecule is CC(=O)NC(CS)C(=O)Nc1cc(C)c(Br)c(C)c1. The quantitative estimate of drug-likeness (QED) is 0.734. The minimum Gasteiger partial charge on any atom is -0.344 e. The van der Waals surface area contributed by atoms with E-state index in [4.69, 9.17) is 0 Å². The molecular weight excluding hydrogens is 328 g/mol. The lowest BCUT2D eigenvalue weighted by molar-refractivity contribution is -0.124. The second-order valence-corrected chi connectivity index (χ2v) is 5.51. The van der Waals surface area contributed by atoms with E-state index < -0.39 is 6.04 Å². The van der Waals surface area contributed by atoms with Gasteiger partial charge in [-0.05, 0) is 37.1 Å². The predicted molar refractivity (Wildman–Crippen MR) is 83.7 cm³/mol. The molecule has 1 aromatic carbocycles. The van der Waals surface area contributed by atoms with Crippen molar-refractivity contribution in [1.82, 2.24) is 5.32 Å². The normalized spacial score (nSPS) is 11.8. The van der Waals surface area contributed by atoms with E-state index in [-0.39, 0.29) is 17.6 Å². The lowest BCUT2D eigenvalue weighted by atomic mass is 10.1. The molecule has 0 saturated heterocycles. The Hall–Kier alpha value is -1.01. The van der Waals surface area contributed by atoms with Crippen LogP contribution >= 0.6 is 28.6 Å². The van der Waals surface area contributed by atoms with Crippen molar-refractivity contribution in [2.45, 2.75) is 26.8 Å². The maximum atomic E-state index is 12.0. The van der Waals surface area contributed by atoms with Crippen molar-refractivity contribution in [3.8, 4) is 0 Å². The topological polar surface area (TPSA) is 58.2 Å². The number of aryl methyl sites for hydroxylation is 2. The third-order valence-electron chi connectivity index (χ3n) is 2.58. The molecule has 0 bridgehead atoms. The van der Waals surface area contributed by atoms with Crippen LogP contribution < -0.4 is 10.6 Å². The zero-order valence-corrected chi connectivity index (χ0v) is 13.6. The molecule has 1 rings (SSSR count). The number of benzene rings is 1. The maximum absolute atomic E-state index is 12.0. The molecule has 1 atom stereocenters. The highest BCUT2D eigenvalue weighted by molar-refractivity contribution is 9.10. The summed E-state index contributed by atoms with van der Waals surface area (Å²) in [6.45, 7) is 5.28. The lowest BCUT2D eigenvalue weighted by Gasteiger charge is -2.16. The van der Waals surface area contributed by atoms with Crippen LogP contribution in [0.4, 0.5) is 5.69 Å². The number of thiol groups is 1. The Morgan fingerprint density at radius 2 is 1.84 bits per heavy atom. The minimum absolute atomic E-state index is 0.250. The number of nitrogens with one attached hydrogen (secondary N) is 2. The molecule has 0 aliphatic rings. The number of halogens is 1. The molecule has 4 nitrogen and oxygen atoms in total. The first-order valence-corrected chi connectivity index (χ1v) is 7.23. The van der Waals surface area contributed by atoms with Gasteiger partial charge >= 0.3 is 0 Å². The smallest absolute Gasteiger partial charge is 0.247 e. The Labute approximate surface area is 126 Å². The zero-order valence-electron chi connectivity index (χ0n) is 11.1. The van der Waals surface area contributed by atoms with Gasteiger partial charge in [-0.3, -0.25) is 9.59 Å². The minimum atomic E-state index is -0.634. The molecule has 1 unspecified atom stereocenters. The summed E-state index contributed by atoms with van der Waals surface area (Å²) in [5, 5.41) is 5.34. The largest absolute Gasteiger partial charge is 0.344 e. The Kier molecular flexibility index (Phi) is 5.87. The molecular formula is C13H17BrN2O2S. The molecule has 0 fully saturated rings. The van der Waals surface area contributed by atoms with Gasteiger partial charge in [-0.15, -0.1) is 0 Å². The van der Waals surface area contributed by atoms with Gasteiger partial charge in [0.05, 0.1) is 0 Å². The first kappa shape index (κ1) is 16.0. The summed E-state index contributed by atoms with van der Waals surface area (Å²) in [7, 11) is 0. The van der Waals surface area contributed by atoms with Gasteiger partial charge in [0, 0.05) is 22.8 Å².